The summed E-state index contributed by atoms with van der Waals surface area (Å²) in [6.45, 7) is 4.61. The van der Waals surface area contributed by atoms with E-state index in [0.29, 0.717) is 17.6 Å². The van der Waals surface area contributed by atoms with Gasteiger partial charge in [-0.25, -0.2) is 4.98 Å². The van der Waals surface area contributed by atoms with E-state index in [1.165, 1.54) is 0 Å². The fraction of sp³-hybridized carbons (Fsp3) is 0.417. The van der Waals surface area contributed by atoms with Crippen LogP contribution in [0.25, 0.3) is 11.0 Å². The number of imidazole rings is 1. The van der Waals surface area contributed by atoms with Crippen LogP contribution in [0.5, 0.6) is 0 Å². The van der Waals surface area contributed by atoms with Gasteiger partial charge in [-0.3, -0.25) is 0 Å². The molecule has 0 aliphatic carbocycles. The zero-order chi connectivity index (χ0) is 12.6. The largest absolute Gasteiger partial charge is 0.382 e. The third-order valence-corrected chi connectivity index (χ3v) is 3.06. The molecule has 92 valence electrons. The maximum atomic E-state index is 6.22. The van der Waals surface area contributed by atoms with Crippen LogP contribution in [0, 0.1) is 0 Å². The Balaban J connectivity index is 2.72. The molecule has 0 aliphatic rings. The van der Waals surface area contributed by atoms with Gasteiger partial charge in [0.25, 0.3) is 0 Å². The van der Waals surface area contributed by atoms with Crippen molar-refractivity contribution in [2.24, 2.45) is 0 Å². The number of nitrogens with zero attached hydrogens (tertiary/aromatic N) is 2. The number of para-hydroxylation sites is 1. The number of nitrogens with two attached hydrogens (primary N) is 1. The molecule has 2 N–H and O–H groups in total. The van der Waals surface area contributed by atoms with Gasteiger partial charge in [-0.1, -0.05) is 17.7 Å². The maximum Gasteiger partial charge on any atom is 0.201 e. The molecule has 1 aromatic carbocycles. The highest BCUT2D eigenvalue weighted by Gasteiger charge is 2.26. The highest BCUT2D eigenvalue weighted by atomic mass is 35.5. The van der Waals surface area contributed by atoms with Crippen LogP contribution in [0.4, 0.5) is 5.95 Å². The third-order valence-electron chi connectivity index (χ3n) is 2.76. The SMILES string of the molecule is COCC(C)(C)n1c(N)nc2cccc(Cl)c21. The second kappa shape index (κ2) is 4.20. The van der Waals surface area contributed by atoms with E-state index < -0.39 is 0 Å². The van der Waals surface area contributed by atoms with Crippen LogP contribution in [-0.4, -0.2) is 23.3 Å². The number of hydrogen-bond acceptors (Lipinski definition) is 3. The average molecular weight is 254 g/mol. The molecule has 0 spiro atoms. The summed E-state index contributed by atoms with van der Waals surface area (Å²) < 4.78 is 7.15. The van der Waals surface area contributed by atoms with Crippen molar-refractivity contribution < 1.29 is 4.74 Å². The molecular formula is C12H16ClN3O. The van der Waals surface area contributed by atoms with Crippen LogP contribution >= 0.6 is 11.6 Å². The molecule has 0 saturated heterocycles. The minimum Gasteiger partial charge on any atom is -0.382 e. The van der Waals surface area contributed by atoms with E-state index in [9.17, 15) is 0 Å². The number of anilines is 1. The van der Waals surface area contributed by atoms with E-state index >= 15 is 0 Å². The lowest BCUT2D eigenvalue weighted by molar-refractivity contribution is 0.113. The van der Waals surface area contributed by atoms with Crippen LogP contribution in [-0.2, 0) is 10.3 Å². The van der Waals surface area contributed by atoms with Gasteiger partial charge in [0.1, 0.15) is 0 Å². The molecule has 17 heavy (non-hydrogen) atoms. The summed E-state index contributed by atoms with van der Waals surface area (Å²) in [7, 11) is 1.67. The zero-order valence-corrected chi connectivity index (χ0v) is 11.0. The lowest BCUT2D eigenvalue weighted by Gasteiger charge is -2.27. The molecule has 4 nitrogen and oxygen atoms in total. The monoisotopic (exact) mass is 253 g/mol. The van der Waals surface area contributed by atoms with Crippen molar-refractivity contribution in [1.82, 2.24) is 9.55 Å². The fourth-order valence-corrected chi connectivity index (χ4v) is 2.39. The molecule has 2 aromatic rings. The van der Waals surface area contributed by atoms with Crippen molar-refractivity contribution in [2.75, 3.05) is 19.5 Å². The van der Waals surface area contributed by atoms with Crippen molar-refractivity contribution in [2.45, 2.75) is 19.4 Å². The summed E-state index contributed by atoms with van der Waals surface area (Å²) in [4.78, 5) is 4.32. The molecule has 1 aromatic heterocycles. The summed E-state index contributed by atoms with van der Waals surface area (Å²) >= 11 is 6.22. The van der Waals surface area contributed by atoms with Gasteiger partial charge in [0, 0.05) is 7.11 Å². The van der Waals surface area contributed by atoms with Crippen molar-refractivity contribution in [3.8, 4) is 0 Å². The summed E-state index contributed by atoms with van der Waals surface area (Å²) in [5.74, 6) is 0.454. The van der Waals surface area contributed by atoms with Crippen molar-refractivity contribution in [3.05, 3.63) is 23.2 Å². The molecule has 5 heteroatoms. The topological polar surface area (TPSA) is 53.1 Å². The molecule has 0 atom stereocenters. The Labute approximate surface area is 105 Å². The highest BCUT2D eigenvalue weighted by Crippen LogP contribution is 2.31. The van der Waals surface area contributed by atoms with E-state index in [0.717, 1.165) is 11.0 Å². The first-order chi connectivity index (χ1) is 7.97. The van der Waals surface area contributed by atoms with Gasteiger partial charge in [-0.2, -0.15) is 0 Å². The number of methoxy groups -OCH3 is 1. The summed E-state index contributed by atoms with van der Waals surface area (Å²) in [5, 5.41) is 0.649. The van der Waals surface area contributed by atoms with Gasteiger partial charge in [0.15, 0.2) is 0 Å². The summed E-state index contributed by atoms with van der Waals surface area (Å²) in [5.41, 5.74) is 7.34. The minimum absolute atomic E-state index is 0.293. The average Bonchev–Trinajstić information content (AvgIpc) is 2.56. The molecule has 0 fully saturated rings. The first kappa shape index (κ1) is 12.2. The van der Waals surface area contributed by atoms with Crippen LogP contribution < -0.4 is 5.73 Å². The lowest BCUT2D eigenvalue weighted by Crippen LogP contribution is -2.32. The van der Waals surface area contributed by atoms with E-state index in [2.05, 4.69) is 4.98 Å². The smallest absolute Gasteiger partial charge is 0.201 e. The third kappa shape index (κ3) is 1.98. The molecule has 0 unspecified atom stereocenters. The highest BCUT2D eigenvalue weighted by molar-refractivity contribution is 6.35. The van der Waals surface area contributed by atoms with Crippen LogP contribution in [0.1, 0.15) is 13.8 Å². The van der Waals surface area contributed by atoms with E-state index in [4.69, 9.17) is 22.1 Å². The van der Waals surface area contributed by atoms with Crippen LogP contribution in [0.2, 0.25) is 5.02 Å². The molecule has 0 aliphatic heterocycles. The molecule has 0 bridgehead atoms. The molecular weight excluding hydrogens is 238 g/mol. The predicted octanol–water partition coefficient (Wildman–Crippen LogP) is 2.65. The Hall–Kier alpha value is -1.26. The number of fused-ring (bicyclic) bond motifs is 1. The van der Waals surface area contributed by atoms with E-state index in [1.807, 2.05) is 36.6 Å². The second-order valence-electron chi connectivity index (χ2n) is 4.66. The van der Waals surface area contributed by atoms with Crippen LogP contribution in [0.15, 0.2) is 18.2 Å². The van der Waals surface area contributed by atoms with Crippen molar-refractivity contribution in [3.63, 3.8) is 0 Å². The molecule has 2 rings (SSSR count). The quantitative estimate of drug-likeness (QED) is 0.915. The van der Waals surface area contributed by atoms with Gasteiger partial charge < -0.3 is 15.0 Å². The normalized spacial score (nSPS) is 12.2. The lowest BCUT2D eigenvalue weighted by atomic mass is 10.1. The number of halogens is 1. The number of benzene rings is 1. The summed E-state index contributed by atoms with van der Waals surface area (Å²) in [6.07, 6.45) is 0. The Morgan fingerprint density at radius 1 is 1.47 bits per heavy atom. The number of rotatable bonds is 3. The van der Waals surface area contributed by atoms with Crippen LogP contribution in [0.3, 0.4) is 0 Å². The van der Waals surface area contributed by atoms with Gasteiger partial charge in [-0.05, 0) is 26.0 Å². The molecule has 0 radical (unpaired) electrons. The van der Waals surface area contributed by atoms with E-state index in [1.54, 1.807) is 7.11 Å². The van der Waals surface area contributed by atoms with Crippen molar-refractivity contribution in [1.29, 1.82) is 0 Å². The minimum atomic E-state index is -0.293. The number of ether oxygens (including phenoxy) is 1. The fourth-order valence-electron chi connectivity index (χ4n) is 2.13. The van der Waals surface area contributed by atoms with Gasteiger partial charge in [0.2, 0.25) is 5.95 Å². The molecule has 1 heterocycles. The number of hydrogen-bond donors (Lipinski definition) is 1. The van der Waals surface area contributed by atoms with Gasteiger partial charge in [0.05, 0.1) is 28.2 Å². The standard InChI is InChI=1S/C12H16ClN3O/c1-12(2,7-17-3)16-10-8(13)5-4-6-9(10)15-11(16)14/h4-6H,7H2,1-3H3,(H2,14,15). The zero-order valence-electron chi connectivity index (χ0n) is 10.2. The van der Waals surface area contributed by atoms with Crippen molar-refractivity contribution >= 4 is 28.6 Å². The summed E-state index contributed by atoms with van der Waals surface area (Å²) in [6, 6.07) is 5.60. The Morgan fingerprint density at radius 3 is 2.82 bits per heavy atom. The Bertz CT molecular complexity index is 548. The van der Waals surface area contributed by atoms with Gasteiger partial charge >= 0.3 is 0 Å². The Kier molecular flexibility index (Phi) is 3.02. The first-order valence-electron chi connectivity index (χ1n) is 5.39. The Morgan fingerprint density at radius 2 is 2.18 bits per heavy atom. The predicted molar refractivity (Wildman–Crippen MR) is 70.4 cm³/mol. The van der Waals surface area contributed by atoms with E-state index in [-0.39, 0.29) is 5.54 Å². The molecule has 0 amide bonds. The molecule has 0 saturated carbocycles. The second-order valence-corrected chi connectivity index (χ2v) is 5.07. The maximum absolute atomic E-state index is 6.22. The first-order valence-corrected chi connectivity index (χ1v) is 5.77. The number of nitrogen functional groups attached to an aromatic ring is 1. The van der Waals surface area contributed by atoms with Gasteiger partial charge in [-0.15, -0.1) is 0 Å². The number of aromatic nitrogens is 2.